The molecule has 1 heterocycles. The van der Waals surface area contributed by atoms with Crippen molar-refractivity contribution in [2.45, 2.75) is 0 Å². The molecule has 0 atom stereocenters. The van der Waals surface area contributed by atoms with E-state index in [2.05, 4.69) is 26.2 Å². The number of anilines is 1. The Kier molecular flexibility index (Phi) is 2.88. The number of fused-ring (bicyclic) bond motifs is 1. The van der Waals surface area contributed by atoms with Crippen LogP contribution in [0.15, 0.2) is 10.5 Å². The highest BCUT2D eigenvalue weighted by molar-refractivity contribution is 9.10. The van der Waals surface area contributed by atoms with Gasteiger partial charge >= 0.3 is 0 Å². The number of rotatable bonds is 1. The van der Waals surface area contributed by atoms with Crippen LogP contribution in [0.3, 0.4) is 0 Å². The second kappa shape index (κ2) is 3.85. The van der Waals surface area contributed by atoms with Crippen molar-refractivity contribution < 1.29 is 0 Å². The van der Waals surface area contributed by atoms with Crippen molar-refractivity contribution in [2.24, 2.45) is 0 Å². The minimum atomic E-state index is 0.494. The summed E-state index contributed by atoms with van der Waals surface area (Å²) in [6.45, 7) is 0. The Labute approximate surface area is 103 Å². The second-order valence-electron chi connectivity index (χ2n) is 2.60. The highest BCUT2D eigenvalue weighted by atomic mass is 79.9. The molecule has 2 aromatic rings. The number of aromatic nitrogens is 1. The lowest BCUT2D eigenvalue weighted by Crippen LogP contribution is -1.84. The topological polar surface area (TPSA) is 24.9 Å². The summed E-state index contributed by atoms with van der Waals surface area (Å²) in [5.41, 5.74) is 0.745. The normalized spacial score (nSPS) is 10.9. The fourth-order valence-electron chi connectivity index (χ4n) is 1.08. The first-order chi connectivity index (χ1) is 6.63. The van der Waals surface area contributed by atoms with Crippen LogP contribution >= 0.6 is 50.5 Å². The van der Waals surface area contributed by atoms with Gasteiger partial charge in [-0.15, -0.1) is 0 Å². The van der Waals surface area contributed by atoms with Gasteiger partial charge in [-0.25, -0.2) is 4.98 Å². The number of hydrogen-bond donors (Lipinski definition) is 1. The molecule has 0 saturated heterocycles. The van der Waals surface area contributed by atoms with Crippen LogP contribution in [0.5, 0.6) is 0 Å². The maximum absolute atomic E-state index is 6.06. The van der Waals surface area contributed by atoms with Crippen LogP contribution in [0, 0.1) is 0 Å². The van der Waals surface area contributed by atoms with Crippen molar-refractivity contribution >= 4 is 65.8 Å². The molecule has 0 radical (unpaired) electrons. The molecule has 0 fully saturated rings. The summed E-state index contributed by atoms with van der Waals surface area (Å²) >= 11 is 16.9. The standard InChI is InChI=1S/C8H5BrCl2N2S/c1-12-8-13-7-4(14-8)2-3(9)5(10)6(7)11/h2H,1H3,(H,12,13). The minimum Gasteiger partial charge on any atom is -0.365 e. The molecule has 0 aliphatic heterocycles. The van der Waals surface area contributed by atoms with Crippen molar-refractivity contribution in [1.29, 1.82) is 0 Å². The number of halogens is 3. The lowest BCUT2D eigenvalue weighted by molar-refractivity contribution is 1.41. The molecule has 0 aliphatic rings. The van der Waals surface area contributed by atoms with Gasteiger partial charge in [0.1, 0.15) is 5.52 Å². The van der Waals surface area contributed by atoms with Crippen LogP contribution in [0.25, 0.3) is 10.2 Å². The quantitative estimate of drug-likeness (QED) is 0.789. The Bertz CT molecular complexity index is 498. The Balaban J connectivity index is 2.81. The summed E-state index contributed by atoms with van der Waals surface area (Å²) in [5.74, 6) is 0. The number of benzene rings is 1. The van der Waals surface area contributed by atoms with E-state index in [1.165, 1.54) is 11.3 Å². The third-order valence-electron chi connectivity index (χ3n) is 1.74. The van der Waals surface area contributed by atoms with Crippen LogP contribution in [-0.4, -0.2) is 12.0 Å². The van der Waals surface area contributed by atoms with Gasteiger partial charge in [-0.05, 0) is 22.0 Å². The van der Waals surface area contributed by atoms with Gasteiger partial charge in [0.15, 0.2) is 5.13 Å². The predicted molar refractivity (Wildman–Crippen MR) is 66.9 cm³/mol. The van der Waals surface area contributed by atoms with E-state index in [1.807, 2.05) is 13.1 Å². The molecule has 1 aromatic carbocycles. The first-order valence-electron chi connectivity index (χ1n) is 3.75. The zero-order chi connectivity index (χ0) is 10.3. The van der Waals surface area contributed by atoms with E-state index in [0.29, 0.717) is 10.0 Å². The van der Waals surface area contributed by atoms with Crippen molar-refractivity contribution in [2.75, 3.05) is 12.4 Å². The molecule has 0 bridgehead atoms. The molecule has 0 amide bonds. The first-order valence-corrected chi connectivity index (χ1v) is 6.12. The monoisotopic (exact) mass is 310 g/mol. The number of hydrogen-bond acceptors (Lipinski definition) is 3. The van der Waals surface area contributed by atoms with Gasteiger partial charge in [0.2, 0.25) is 0 Å². The highest BCUT2D eigenvalue weighted by Crippen LogP contribution is 2.39. The van der Waals surface area contributed by atoms with E-state index in [1.54, 1.807) is 0 Å². The summed E-state index contributed by atoms with van der Waals surface area (Å²) in [4.78, 5) is 4.30. The fourth-order valence-corrected chi connectivity index (χ4v) is 3.09. The van der Waals surface area contributed by atoms with E-state index in [9.17, 15) is 0 Å². The van der Waals surface area contributed by atoms with Gasteiger partial charge in [-0.2, -0.15) is 0 Å². The average molecular weight is 312 g/mol. The SMILES string of the molecule is CNc1nc2c(Cl)c(Cl)c(Br)cc2s1. The Morgan fingerprint density at radius 3 is 2.79 bits per heavy atom. The van der Waals surface area contributed by atoms with Crippen LogP contribution < -0.4 is 5.32 Å². The van der Waals surface area contributed by atoms with E-state index in [4.69, 9.17) is 23.2 Å². The third kappa shape index (κ3) is 1.60. The predicted octanol–water partition coefficient (Wildman–Crippen LogP) is 4.41. The summed E-state index contributed by atoms with van der Waals surface area (Å²) < 4.78 is 1.80. The molecule has 0 unspecified atom stereocenters. The molecule has 0 saturated carbocycles. The zero-order valence-electron chi connectivity index (χ0n) is 7.07. The largest absolute Gasteiger partial charge is 0.365 e. The summed E-state index contributed by atoms with van der Waals surface area (Å²) in [6.07, 6.45) is 0. The van der Waals surface area contributed by atoms with Crippen molar-refractivity contribution in [1.82, 2.24) is 4.98 Å². The van der Waals surface area contributed by atoms with Crippen LogP contribution in [0.1, 0.15) is 0 Å². The van der Waals surface area contributed by atoms with Crippen LogP contribution in [0.4, 0.5) is 5.13 Å². The van der Waals surface area contributed by atoms with Gasteiger partial charge in [0.25, 0.3) is 0 Å². The third-order valence-corrected chi connectivity index (χ3v) is 4.47. The fraction of sp³-hybridized carbons (Fsp3) is 0.125. The molecule has 2 nitrogen and oxygen atoms in total. The molecular weight excluding hydrogens is 307 g/mol. The average Bonchev–Trinajstić information content (AvgIpc) is 2.57. The lowest BCUT2D eigenvalue weighted by Gasteiger charge is -1.98. The van der Waals surface area contributed by atoms with Gasteiger partial charge in [0.05, 0.1) is 14.7 Å². The van der Waals surface area contributed by atoms with Crippen LogP contribution in [0.2, 0.25) is 10.0 Å². The lowest BCUT2D eigenvalue weighted by atomic mass is 10.3. The Morgan fingerprint density at radius 2 is 2.14 bits per heavy atom. The van der Waals surface area contributed by atoms with E-state index < -0.39 is 0 Å². The van der Waals surface area contributed by atoms with Crippen LogP contribution in [-0.2, 0) is 0 Å². The molecule has 0 aliphatic carbocycles. The van der Waals surface area contributed by atoms with Gasteiger partial charge in [-0.3, -0.25) is 0 Å². The number of thiazole rings is 1. The molecule has 74 valence electrons. The molecule has 1 N–H and O–H groups in total. The molecule has 2 rings (SSSR count). The number of nitrogens with zero attached hydrogens (tertiary/aromatic N) is 1. The molecule has 0 spiro atoms. The maximum Gasteiger partial charge on any atom is 0.183 e. The van der Waals surface area contributed by atoms with Gasteiger partial charge in [0, 0.05) is 11.5 Å². The zero-order valence-corrected chi connectivity index (χ0v) is 11.0. The molecular formula is C8H5BrCl2N2S. The summed E-state index contributed by atoms with van der Waals surface area (Å²) in [5, 5.41) is 4.80. The highest BCUT2D eigenvalue weighted by Gasteiger charge is 2.12. The second-order valence-corrected chi connectivity index (χ2v) is 5.24. The molecule has 6 heteroatoms. The minimum absolute atomic E-state index is 0.494. The number of nitrogens with one attached hydrogen (secondary N) is 1. The van der Waals surface area contributed by atoms with E-state index in [0.717, 1.165) is 19.8 Å². The van der Waals surface area contributed by atoms with Crippen molar-refractivity contribution in [3.63, 3.8) is 0 Å². The van der Waals surface area contributed by atoms with E-state index in [-0.39, 0.29) is 0 Å². The van der Waals surface area contributed by atoms with Gasteiger partial charge < -0.3 is 5.32 Å². The van der Waals surface area contributed by atoms with Crippen molar-refractivity contribution in [3.8, 4) is 0 Å². The first kappa shape index (κ1) is 10.5. The smallest absolute Gasteiger partial charge is 0.183 e. The summed E-state index contributed by atoms with van der Waals surface area (Å²) in [6, 6.07) is 1.92. The molecule has 1 aromatic heterocycles. The van der Waals surface area contributed by atoms with Gasteiger partial charge in [-0.1, -0.05) is 34.5 Å². The summed E-state index contributed by atoms with van der Waals surface area (Å²) in [7, 11) is 1.82. The Hall–Kier alpha value is -0.0300. The van der Waals surface area contributed by atoms with Crippen molar-refractivity contribution in [3.05, 3.63) is 20.6 Å². The maximum atomic E-state index is 6.06. The van der Waals surface area contributed by atoms with E-state index >= 15 is 0 Å². The Morgan fingerprint density at radius 1 is 1.43 bits per heavy atom. The molecule has 14 heavy (non-hydrogen) atoms.